The third-order valence-electron chi connectivity index (χ3n) is 3.15. The molecule has 0 bridgehead atoms. The van der Waals surface area contributed by atoms with Crippen LogP contribution in [-0.4, -0.2) is 25.9 Å². The van der Waals surface area contributed by atoms with Gasteiger partial charge in [-0.05, 0) is 18.1 Å². The summed E-state index contributed by atoms with van der Waals surface area (Å²) in [6.07, 6.45) is 0.768. The van der Waals surface area contributed by atoms with E-state index in [0.29, 0.717) is 6.61 Å². The van der Waals surface area contributed by atoms with Gasteiger partial charge in [-0.1, -0.05) is 29.8 Å². The molecule has 1 aliphatic heterocycles. The fourth-order valence-electron chi connectivity index (χ4n) is 2.29. The summed E-state index contributed by atoms with van der Waals surface area (Å²) in [5, 5.41) is 0.765. The molecule has 2 rings (SSSR count). The summed E-state index contributed by atoms with van der Waals surface area (Å²) >= 11 is 6.23. The van der Waals surface area contributed by atoms with Gasteiger partial charge in [0.1, 0.15) is 0 Å². The SMILES string of the molecule is COCCC1NNC(N)C1c1ccccc1Cl. The molecule has 0 radical (unpaired) electrons. The molecule has 17 heavy (non-hydrogen) atoms. The maximum absolute atomic E-state index is 6.23. The van der Waals surface area contributed by atoms with Crippen LogP contribution in [0.4, 0.5) is 0 Å². The lowest BCUT2D eigenvalue weighted by Gasteiger charge is -2.22. The number of nitrogens with two attached hydrogens (primary N) is 1. The topological polar surface area (TPSA) is 59.3 Å². The van der Waals surface area contributed by atoms with Crippen LogP contribution in [0.25, 0.3) is 0 Å². The van der Waals surface area contributed by atoms with Gasteiger partial charge in [0.2, 0.25) is 0 Å². The minimum atomic E-state index is -0.128. The standard InChI is InChI=1S/C12H18ClN3O/c1-17-7-6-10-11(12(14)16-15-10)8-4-2-3-5-9(8)13/h2-5,10-12,15-16H,6-7,14H2,1H3. The first kappa shape index (κ1) is 12.8. The zero-order valence-corrected chi connectivity index (χ0v) is 10.6. The quantitative estimate of drug-likeness (QED) is 0.757. The van der Waals surface area contributed by atoms with Crippen LogP contribution in [0.15, 0.2) is 24.3 Å². The Bertz CT molecular complexity index is 375. The molecule has 1 aromatic rings. The Kier molecular flexibility index (Phi) is 4.36. The van der Waals surface area contributed by atoms with E-state index in [9.17, 15) is 0 Å². The Morgan fingerprint density at radius 2 is 2.12 bits per heavy atom. The molecule has 5 heteroatoms. The third kappa shape index (κ3) is 2.78. The van der Waals surface area contributed by atoms with Crippen LogP contribution >= 0.6 is 11.6 Å². The highest BCUT2D eigenvalue weighted by atomic mass is 35.5. The van der Waals surface area contributed by atoms with Crippen LogP contribution in [0.3, 0.4) is 0 Å². The van der Waals surface area contributed by atoms with E-state index in [1.807, 2.05) is 24.3 Å². The maximum Gasteiger partial charge on any atom is 0.0764 e. The largest absolute Gasteiger partial charge is 0.385 e. The van der Waals surface area contributed by atoms with Crippen LogP contribution in [0.1, 0.15) is 17.9 Å². The van der Waals surface area contributed by atoms with Crippen LogP contribution in [0.5, 0.6) is 0 Å². The lowest BCUT2D eigenvalue weighted by atomic mass is 9.89. The fraction of sp³-hybridized carbons (Fsp3) is 0.500. The number of benzene rings is 1. The minimum absolute atomic E-state index is 0.128. The summed E-state index contributed by atoms with van der Waals surface area (Å²) in [5.41, 5.74) is 13.4. The Balaban J connectivity index is 2.18. The van der Waals surface area contributed by atoms with Gasteiger partial charge in [0.15, 0.2) is 0 Å². The van der Waals surface area contributed by atoms with Crippen molar-refractivity contribution in [3.8, 4) is 0 Å². The number of nitrogens with one attached hydrogen (secondary N) is 2. The Morgan fingerprint density at radius 1 is 1.35 bits per heavy atom. The molecule has 0 amide bonds. The van der Waals surface area contributed by atoms with Gasteiger partial charge in [-0.3, -0.25) is 5.43 Å². The van der Waals surface area contributed by atoms with Crippen molar-refractivity contribution >= 4 is 11.6 Å². The zero-order valence-electron chi connectivity index (χ0n) is 9.82. The van der Waals surface area contributed by atoms with Gasteiger partial charge in [-0.15, -0.1) is 0 Å². The molecule has 3 atom stereocenters. The van der Waals surface area contributed by atoms with Crippen molar-refractivity contribution in [2.75, 3.05) is 13.7 Å². The van der Waals surface area contributed by atoms with Crippen molar-refractivity contribution in [3.63, 3.8) is 0 Å². The molecule has 0 spiro atoms. The van der Waals surface area contributed by atoms with Crippen LogP contribution in [0, 0.1) is 0 Å². The molecule has 0 aromatic heterocycles. The normalized spacial score (nSPS) is 28.5. The van der Waals surface area contributed by atoms with Gasteiger partial charge < -0.3 is 10.5 Å². The molecule has 0 aliphatic carbocycles. The van der Waals surface area contributed by atoms with Crippen molar-refractivity contribution in [2.24, 2.45) is 5.73 Å². The van der Waals surface area contributed by atoms with E-state index in [0.717, 1.165) is 17.0 Å². The fourth-order valence-corrected chi connectivity index (χ4v) is 2.55. The van der Waals surface area contributed by atoms with E-state index >= 15 is 0 Å². The highest BCUT2D eigenvalue weighted by molar-refractivity contribution is 6.31. The van der Waals surface area contributed by atoms with Gasteiger partial charge in [0, 0.05) is 30.7 Å². The van der Waals surface area contributed by atoms with Crippen LogP contribution in [-0.2, 0) is 4.74 Å². The molecule has 1 fully saturated rings. The predicted molar refractivity (Wildman–Crippen MR) is 68.7 cm³/mol. The van der Waals surface area contributed by atoms with Gasteiger partial charge in [-0.25, -0.2) is 5.43 Å². The third-order valence-corrected chi connectivity index (χ3v) is 3.50. The molecule has 94 valence electrons. The van der Waals surface area contributed by atoms with Gasteiger partial charge in [0.25, 0.3) is 0 Å². The maximum atomic E-state index is 6.23. The summed E-state index contributed by atoms with van der Waals surface area (Å²) in [6.45, 7) is 0.701. The molecule has 1 saturated heterocycles. The van der Waals surface area contributed by atoms with E-state index in [4.69, 9.17) is 22.1 Å². The van der Waals surface area contributed by atoms with E-state index in [1.54, 1.807) is 7.11 Å². The summed E-state index contributed by atoms with van der Waals surface area (Å²) in [5.74, 6) is 0.166. The zero-order chi connectivity index (χ0) is 12.3. The molecule has 3 unspecified atom stereocenters. The Morgan fingerprint density at radius 3 is 2.82 bits per heavy atom. The van der Waals surface area contributed by atoms with Crippen molar-refractivity contribution < 1.29 is 4.74 Å². The molecule has 1 aliphatic rings. The van der Waals surface area contributed by atoms with Crippen molar-refractivity contribution in [1.82, 2.24) is 10.9 Å². The molecular weight excluding hydrogens is 238 g/mol. The number of hydrogen-bond acceptors (Lipinski definition) is 4. The van der Waals surface area contributed by atoms with Crippen LogP contribution < -0.4 is 16.6 Å². The first-order valence-corrected chi connectivity index (χ1v) is 6.12. The number of ether oxygens (including phenoxy) is 1. The lowest BCUT2D eigenvalue weighted by molar-refractivity contribution is 0.182. The smallest absolute Gasteiger partial charge is 0.0764 e. The monoisotopic (exact) mass is 255 g/mol. The average Bonchev–Trinajstić information content (AvgIpc) is 2.69. The number of halogens is 1. The minimum Gasteiger partial charge on any atom is -0.385 e. The highest BCUT2D eigenvalue weighted by Gasteiger charge is 2.35. The first-order chi connectivity index (χ1) is 8.24. The van der Waals surface area contributed by atoms with Crippen molar-refractivity contribution in [1.29, 1.82) is 0 Å². The molecule has 1 aromatic carbocycles. The number of hydrazine groups is 1. The molecule has 0 saturated carbocycles. The average molecular weight is 256 g/mol. The molecule has 4 N–H and O–H groups in total. The summed E-state index contributed by atoms with van der Waals surface area (Å²) < 4.78 is 5.11. The Hall–Kier alpha value is -0.650. The molecule has 1 heterocycles. The summed E-state index contributed by atoms with van der Waals surface area (Å²) in [4.78, 5) is 0. The van der Waals surface area contributed by atoms with E-state index < -0.39 is 0 Å². The van der Waals surface area contributed by atoms with Crippen molar-refractivity contribution in [3.05, 3.63) is 34.9 Å². The van der Waals surface area contributed by atoms with Gasteiger partial charge in [0.05, 0.1) is 6.17 Å². The van der Waals surface area contributed by atoms with E-state index in [1.165, 1.54) is 0 Å². The summed E-state index contributed by atoms with van der Waals surface area (Å²) in [7, 11) is 1.70. The second-order valence-corrected chi connectivity index (χ2v) is 4.66. The van der Waals surface area contributed by atoms with E-state index in [2.05, 4.69) is 10.9 Å². The summed E-state index contributed by atoms with van der Waals surface area (Å²) in [6, 6.07) is 8.08. The van der Waals surface area contributed by atoms with Crippen LogP contribution in [0.2, 0.25) is 5.02 Å². The molecule has 4 nitrogen and oxygen atoms in total. The first-order valence-electron chi connectivity index (χ1n) is 5.74. The number of methoxy groups -OCH3 is 1. The van der Waals surface area contributed by atoms with E-state index in [-0.39, 0.29) is 18.1 Å². The van der Waals surface area contributed by atoms with Crippen molar-refractivity contribution in [2.45, 2.75) is 24.5 Å². The lowest BCUT2D eigenvalue weighted by Crippen LogP contribution is -2.38. The number of hydrogen-bond donors (Lipinski definition) is 3. The highest BCUT2D eigenvalue weighted by Crippen LogP contribution is 2.31. The second-order valence-electron chi connectivity index (χ2n) is 4.25. The molecular formula is C12H18ClN3O. The van der Waals surface area contributed by atoms with Gasteiger partial charge >= 0.3 is 0 Å². The Labute approximate surface area is 106 Å². The predicted octanol–water partition coefficient (Wildman–Crippen LogP) is 1.22. The number of rotatable bonds is 4. The van der Waals surface area contributed by atoms with Gasteiger partial charge in [-0.2, -0.15) is 0 Å². The second kappa shape index (κ2) is 5.80.